The van der Waals surface area contributed by atoms with E-state index in [4.69, 9.17) is 11.6 Å². The predicted molar refractivity (Wildman–Crippen MR) is 112 cm³/mol. The van der Waals surface area contributed by atoms with E-state index in [0.29, 0.717) is 4.31 Å². The molecule has 2 heterocycles. The third-order valence-electron chi connectivity index (χ3n) is 3.76. The Balaban J connectivity index is 2.00. The summed E-state index contributed by atoms with van der Waals surface area (Å²) in [6.07, 6.45) is 3.58. The minimum Gasteiger partial charge on any atom is -0.321 e. The molecular formula is C16H14ClFN4O5S3. The van der Waals surface area contributed by atoms with Crippen molar-refractivity contribution < 1.29 is 26.0 Å². The minimum absolute atomic E-state index is 0.0668. The first-order valence-electron chi connectivity index (χ1n) is 8.14. The van der Waals surface area contributed by atoms with Gasteiger partial charge >= 0.3 is 10.2 Å². The number of sulfone groups is 1. The summed E-state index contributed by atoms with van der Waals surface area (Å²) >= 11 is 6.82. The summed E-state index contributed by atoms with van der Waals surface area (Å²) in [5, 5.41) is 4.05. The Kier molecular flexibility index (Phi) is 6.26. The highest BCUT2D eigenvalue weighted by Crippen LogP contribution is 2.25. The summed E-state index contributed by atoms with van der Waals surface area (Å²) in [4.78, 5) is 16.8. The Labute approximate surface area is 181 Å². The molecule has 0 aliphatic carbocycles. The maximum absolute atomic E-state index is 13.4. The standard InChI is InChI=1S/C16H14ClFN4O5S3/c1-29(24,25)7-5-22-14(15(23)20-10-2-3-12(18)11(17)8-10)9-13(21-30(22,26)27)16-19-4-6-28-16/h2-4,6,8-9H,5,7H2,1H3,(H,20,23). The first-order chi connectivity index (χ1) is 14.0. The van der Waals surface area contributed by atoms with E-state index < -0.39 is 44.1 Å². The monoisotopic (exact) mass is 492 g/mol. The van der Waals surface area contributed by atoms with Gasteiger partial charge in [-0.3, -0.25) is 4.79 Å². The number of carbonyl (C=O) groups is 1. The number of amides is 1. The number of halogens is 2. The zero-order valence-electron chi connectivity index (χ0n) is 15.2. The molecule has 1 aliphatic rings. The number of benzene rings is 1. The van der Waals surface area contributed by atoms with E-state index in [-0.39, 0.29) is 27.1 Å². The molecule has 0 spiro atoms. The van der Waals surface area contributed by atoms with Crippen LogP contribution in [0.15, 0.2) is 45.9 Å². The number of hydrogen-bond donors (Lipinski definition) is 1. The number of nitrogens with one attached hydrogen (secondary N) is 1. The summed E-state index contributed by atoms with van der Waals surface area (Å²) in [6.45, 7) is -0.515. The van der Waals surface area contributed by atoms with Crippen molar-refractivity contribution in [1.29, 1.82) is 0 Å². The van der Waals surface area contributed by atoms with Gasteiger partial charge in [0.15, 0.2) is 0 Å². The maximum Gasteiger partial charge on any atom is 0.345 e. The van der Waals surface area contributed by atoms with Gasteiger partial charge in [-0.1, -0.05) is 11.6 Å². The largest absolute Gasteiger partial charge is 0.345 e. The average molecular weight is 493 g/mol. The fourth-order valence-corrected chi connectivity index (χ4v) is 5.07. The van der Waals surface area contributed by atoms with Gasteiger partial charge in [0.1, 0.15) is 32.1 Å². The molecule has 0 atom stereocenters. The SMILES string of the molecule is CS(=O)(=O)CCN1C(C(=O)Nc2ccc(F)c(Cl)c2)=CC(c2nccs2)=NS1(=O)=O. The van der Waals surface area contributed by atoms with Crippen LogP contribution in [-0.2, 0) is 24.8 Å². The van der Waals surface area contributed by atoms with Crippen molar-refractivity contribution in [2.24, 2.45) is 4.40 Å². The molecule has 160 valence electrons. The zero-order valence-corrected chi connectivity index (χ0v) is 18.4. The number of aromatic nitrogens is 1. The normalized spacial score (nSPS) is 16.0. The summed E-state index contributed by atoms with van der Waals surface area (Å²) in [5.41, 5.74) is -0.312. The lowest BCUT2D eigenvalue weighted by Gasteiger charge is -2.26. The van der Waals surface area contributed by atoms with Crippen molar-refractivity contribution in [3.8, 4) is 0 Å². The molecule has 0 radical (unpaired) electrons. The molecule has 1 aromatic carbocycles. The smallest absolute Gasteiger partial charge is 0.321 e. The topological polar surface area (TPSA) is 126 Å². The predicted octanol–water partition coefficient (Wildman–Crippen LogP) is 1.85. The molecule has 3 rings (SSSR count). The van der Waals surface area contributed by atoms with Gasteiger partial charge in [0.2, 0.25) is 0 Å². The zero-order chi connectivity index (χ0) is 22.1. The molecule has 1 aromatic heterocycles. The second-order valence-corrected chi connectivity index (χ2v) is 11.2. The molecular weight excluding hydrogens is 479 g/mol. The Bertz CT molecular complexity index is 1260. The van der Waals surface area contributed by atoms with Gasteiger partial charge in [-0.2, -0.15) is 8.42 Å². The molecule has 1 amide bonds. The lowest BCUT2D eigenvalue weighted by atomic mass is 10.2. The molecule has 2 aromatic rings. The van der Waals surface area contributed by atoms with Crippen molar-refractivity contribution in [3.63, 3.8) is 0 Å². The van der Waals surface area contributed by atoms with Crippen LogP contribution >= 0.6 is 22.9 Å². The van der Waals surface area contributed by atoms with Gasteiger partial charge in [-0.05, 0) is 24.3 Å². The van der Waals surface area contributed by atoms with Crippen LogP contribution in [0, 0.1) is 5.82 Å². The van der Waals surface area contributed by atoms with Crippen molar-refractivity contribution >= 4 is 60.3 Å². The highest BCUT2D eigenvalue weighted by Gasteiger charge is 2.34. The first-order valence-corrected chi connectivity index (χ1v) is 12.9. The number of nitrogens with zero attached hydrogens (tertiary/aromatic N) is 3. The lowest BCUT2D eigenvalue weighted by molar-refractivity contribution is -0.113. The van der Waals surface area contributed by atoms with E-state index in [1.807, 2.05) is 0 Å². The van der Waals surface area contributed by atoms with E-state index in [2.05, 4.69) is 14.7 Å². The molecule has 0 saturated carbocycles. The second kappa shape index (κ2) is 8.41. The van der Waals surface area contributed by atoms with Gasteiger partial charge in [0.05, 0.1) is 17.3 Å². The quantitative estimate of drug-likeness (QED) is 0.655. The maximum atomic E-state index is 13.4. The van der Waals surface area contributed by atoms with Crippen LogP contribution in [-0.4, -0.2) is 56.3 Å². The average Bonchev–Trinajstić information content (AvgIpc) is 3.16. The van der Waals surface area contributed by atoms with Gasteiger partial charge in [-0.25, -0.2) is 22.1 Å². The summed E-state index contributed by atoms with van der Waals surface area (Å²) < 4.78 is 66.1. The van der Waals surface area contributed by atoms with Crippen LogP contribution in [0.2, 0.25) is 5.02 Å². The van der Waals surface area contributed by atoms with Crippen LogP contribution in [0.4, 0.5) is 10.1 Å². The van der Waals surface area contributed by atoms with Gasteiger partial charge < -0.3 is 5.32 Å². The molecule has 9 nitrogen and oxygen atoms in total. The molecule has 0 bridgehead atoms. The van der Waals surface area contributed by atoms with E-state index in [9.17, 15) is 26.0 Å². The highest BCUT2D eigenvalue weighted by atomic mass is 35.5. The Hall–Kier alpha value is -2.35. The Morgan fingerprint density at radius 2 is 2.10 bits per heavy atom. The molecule has 1 aliphatic heterocycles. The van der Waals surface area contributed by atoms with Crippen LogP contribution in [0.1, 0.15) is 5.01 Å². The number of allylic oxidation sites excluding steroid dienone is 1. The third-order valence-corrected chi connectivity index (χ3v) is 7.13. The molecule has 1 N–H and O–H groups in total. The van der Waals surface area contributed by atoms with Crippen molar-refractivity contribution in [2.45, 2.75) is 0 Å². The number of thiazole rings is 1. The third kappa shape index (κ3) is 5.22. The van der Waals surface area contributed by atoms with Crippen molar-refractivity contribution in [3.05, 3.63) is 57.4 Å². The number of rotatable bonds is 6. The summed E-state index contributed by atoms with van der Waals surface area (Å²) in [5.74, 6) is -2.10. The molecule has 14 heteroatoms. The van der Waals surface area contributed by atoms with Gasteiger partial charge in [-0.15, -0.1) is 15.7 Å². The van der Waals surface area contributed by atoms with Crippen LogP contribution < -0.4 is 5.32 Å². The minimum atomic E-state index is -4.41. The van der Waals surface area contributed by atoms with Gasteiger partial charge in [0, 0.05) is 23.5 Å². The first kappa shape index (κ1) is 22.3. The van der Waals surface area contributed by atoms with Crippen LogP contribution in [0.3, 0.4) is 0 Å². The van der Waals surface area contributed by atoms with E-state index >= 15 is 0 Å². The lowest BCUT2D eigenvalue weighted by Crippen LogP contribution is -2.40. The van der Waals surface area contributed by atoms with E-state index in [0.717, 1.165) is 29.7 Å². The molecule has 0 fully saturated rings. The van der Waals surface area contributed by atoms with Crippen molar-refractivity contribution in [1.82, 2.24) is 9.29 Å². The molecule has 30 heavy (non-hydrogen) atoms. The van der Waals surface area contributed by atoms with Gasteiger partial charge in [0.25, 0.3) is 5.91 Å². The van der Waals surface area contributed by atoms with E-state index in [1.165, 1.54) is 18.3 Å². The Morgan fingerprint density at radius 3 is 2.70 bits per heavy atom. The number of carbonyl (C=O) groups excluding carboxylic acids is 1. The van der Waals surface area contributed by atoms with Crippen LogP contribution in [0.25, 0.3) is 0 Å². The number of hydrogen-bond acceptors (Lipinski definition) is 7. The fourth-order valence-electron chi connectivity index (χ4n) is 2.41. The fraction of sp³-hybridized carbons (Fsp3) is 0.188. The number of anilines is 1. The van der Waals surface area contributed by atoms with E-state index in [1.54, 1.807) is 5.38 Å². The van der Waals surface area contributed by atoms with Crippen LogP contribution in [0.5, 0.6) is 0 Å². The molecule has 0 saturated heterocycles. The summed E-state index contributed by atoms with van der Waals surface area (Å²) in [7, 11) is -7.95. The second-order valence-electron chi connectivity index (χ2n) is 6.11. The summed E-state index contributed by atoms with van der Waals surface area (Å²) in [6, 6.07) is 3.44. The Morgan fingerprint density at radius 1 is 1.37 bits per heavy atom. The van der Waals surface area contributed by atoms with Crippen molar-refractivity contribution in [2.75, 3.05) is 23.9 Å². The molecule has 0 unspecified atom stereocenters. The highest BCUT2D eigenvalue weighted by molar-refractivity contribution is 7.91.